The molecule has 2 heterocycles. The number of carbonyl (C=O) groups is 1. The molecule has 0 bridgehead atoms. The molecule has 1 unspecified atom stereocenters. The maximum Gasteiger partial charge on any atom is 0.338 e. The van der Waals surface area contributed by atoms with Crippen molar-refractivity contribution in [2.45, 2.75) is 19.4 Å². The van der Waals surface area contributed by atoms with E-state index in [-0.39, 0.29) is 5.75 Å². The van der Waals surface area contributed by atoms with Gasteiger partial charge in [-0.15, -0.1) is 0 Å². The molecule has 3 rings (SSSR count). The van der Waals surface area contributed by atoms with Gasteiger partial charge in [0.1, 0.15) is 11.8 Å². The van der Waals surface area contributed by atoms with E-state index in [0.717, 1.165) is 5.56 Å². The first-order valence-corrected chi connectivity index (χ1v) is 6.80. The Morgan fingerprint density at radius 3 is 2.77 bits per heavy atom. The van der Waals surface area contributed by atoms with E-state index >= 15 is 0 Å². The standard InChI is InChI=1S/C14H15N5O3/c1-3-10-11(13(21)22-2)12(8-4-6-9(20)7-5-8)19-14(15-10)16-17-18-19/h4-7,12,20H,3H2,1-2H3,(H,15,16,18). The van der Waals surface area contributed by atoms with Gasteiger partial charge in [-0.05, 0) is 34.5 Å². The minimum atomic E-state index is -0.505. The summed E-state index contributed by atoms with van der Waals surface area (Å²) in [6.07, 6.45) is 0.603. The molecule has 22 heavy (non-hydrogen) atoms. The molecule has 1 aliphatic rings. The number of rotatable bonds is 3. The van der Waals surface area contributed by atoms with Gasteiger partial charge in [0.05, 0.1) is 12.7 Å². The lowest BCUT2D eigenvalue weighted by Crippen LogP contribution is -2.30. The average Bonchev–Trinajstić information content (AvgIpc) is 3.01. The van der Waals surface area contributed by atoms with Gasteiger partial charge in [-0.1, -0.05) is 24.2 Å². The van der Waals surface area contributed by atoms with Crippen LogP contribution in [0.1, 0.15) is 24.9 Å². The molecule has 0 fully saturated rings. The summed E-state index contributed by atoms with van der Waals surface area (Å²) in [5, 5.41) is 24.1. The summed E-state index contributed by atoms with van der Waals surface area (Å²) < 4.78 is 6.45. The summed E-state index contributed by atoms with van der Waals surface area (Å²) >= 11 is 0. The number of anilines is 1. The van der Waals surface area contributed by atoms with Crippen molar-refractivity contribution in [1.82, 2.24) is 20.2 Å². The second kappa shape index (κ2) is 5.47. The van der Waals surface area contributed by atoms with Crippen molar-refractivity contribution in [2.24, 2.45) is 0 Å². The van der Waals surface area contributed by atoms with E-state index in [9.17, 15) is 9.90 Å². The van der Waals surface area contributed by atoms with E-state index in [1.54, 1.807) is 24.3 Å². The number of nitrogens with one attached hydrogen (secondary N) is 1. The zero-order chi connectivity index (χ0) is 15.7. The molecule has 1 aromatic heterocycles. The molecule has 2 N–H and O–H groups in total. The molecular formula is C14H15N5O3. The second-order valence-electron chi connectivity index (χ2n) is 4.80. The molecule has 0 radical (unpaired) electrons. The van der Waals surface area contributed by atoms with Gasteiger partial charge in [0.2, 0.25) is 5.95 Å². The number of carbonyl (C=O) groups excluding carboxylic acids is 1. The van der Waals surface area contributed by atoms with E-state index < -0.39 is 12.0 Å². The van der Waals surface area contributed by atoms with Crippen molar-refractivity contribution in [3.63, 3.8) is 0 Å². The number of phenolic OH excluding ortho intramolecular Hbond substituents is 1. The number of fused-ring (bicyclic) bond motifs is 1. The summed E-state index contributed by atoms with van der Waals surface area (Å²) in [5.74, 6) is 0.167. The number of benzene rings is 1. The van der Waals surface area contributed by atoms with Crippen LogP contribution < -0.4 is 5.32 Å². The molecule has 2 aromatic rings. The van der Waals surface area contributed by atoms with Crippen molar-refractivity contribution in [2.75, 3.05) is 12.4 Å². The Kier molecular flexibility index (Phi) is 3.50. The molecule has 1 aromatic carbocycles. The molecule has 0 amide bonds. The number of ether oxygens (including phenoxy) is 1. The first-order valence-electron chi connectivity index (χ1n) is 6.80. The van der Waals surface area contributed by atoms with Gasteiger partial charge in [-0.2, -0.15) is 4.68 Å². The Labute approximate surface area is 126 Å². The predicted molar refractivity (Wildman–Crippen MR) is 77.0 cm³/mol. The fourth-order valence-electron chi connectivity index (χ4n) is 2.53. The number of allylic oxidation sites excluding steroid dienone is 1. The van der Waals surface area contributed by atoms with Crippen LogP contribution in [0.25, 0.3) is 0 Å². The lowest BCUT2D eigenvalue weighted by atomic mass is 9.94. The monoisotopic (exact) mass is 301 g/mol. The van der Waals surface area contributed by atoms with Gasteiger partial charge >= 0.3 is 5.97 Å². The third kappa shape index (κ3) is 2.18. The number of tetrazole rings is 1. The number of methoxy groups -OCH3 is 1. The van der Waals surface area contributed by atoms with Crippen LogP contribution in [0.5, 0.6) is 5.75 Å². The highest BCUT2D eigenvalue weighted by Crippen LogP contribution is 2.36. The molecule has 0 saturated heterocycles. The molecular weight excluding hydrogens is 286 g/mol. The van der Waals surface area contributed by atoms with Gasteiger partial charge in [-0.25, -0.2) is 4.79 Å². The van der Waals surface area contributed by atoms with Crippen LogP contribution in [0.2, 0.25) is 0 Å². The lowest BCUT2D eigenvalue weighted by Gasteiger charge is -2.28. The van der Waals surface area contributed by atoms with Crippen LogP contribution in [0.3, 0.4) is 0 Å². The van der Waals surface area contributed by atoms with E-state index in [2.05, 4.69) is 20.8 Å². The highest BCUT2D eigenvalue weighted by molar-refractivity contribution is 5.92. The first kappa shape index (κ1) is 14.1. The maximum atomic E-state index is 12.3. The third-order valence-corrected chi connectivity index (χ3v) is 3.57. The summed E-state index contributed by atoms with van der Waals surface area (Å²) in [7, 11) is 1.34. The van der Waals surface area contributed by atoms with Crippen molar-refractivity contribution in [3.8, 4) is 5.75 Å². The summed E-state index contributed by atoms with van der Waals surface area (Å²) in [5.41, 5.74) is 1.95. The normalized spacial score (nSPS) is 16.9. The molecule has 0 spiro atoms. The zero-order valence-electron chi connectivity index (χ0n) is 12.1. The minimum Gasteiger partial charge on any atom is -0.508 e. The van der Waals surface area contributed by atoms with Crippen molar-refractivity contribution >= 4 is 11.9 Å². The van der Waals surface area contributed by atoms with Crippen LogP contribution in [-0.2, 0) is 9.53 Å². The van der Waals surface area contributed by atoms with Gasteiger partial charge in [0.25, 0.3) is 0 Å². The molecule has 1 atom stereocenters. The smallest absolute Gasteiger partial charge is 0.338 e. The number of hydrogen-bond acceptors (Lipinski definition) is 7. The van der Waals surface area contributed by atoms with Gasteiger partial charge in [0.15, 0.2) is 0 Å². The van der Waals surface area contributed by atoms with Crippen LogP contribution >= 0.6 is 0 Å². The van der Waals surface area contributed by atoms with Crippen LogP contribution in [0.15, 0.2) is 35.5 Å². The number of nitrogens with zero attached hydrogens (tertiary/aromatic N) is 4. The van der Waals surface area contributed by atoms with Crippen molar-refractivity contribution in [3.05, 3.63) is 41.1 Å². The Hall–Kier alpha value is -2.90. The maximum absolute atomic E-state index is 12.3. The highest BCUT2D eigenvalue weighted by atomic mass is 16.5. The van der Waals surface area contributed by atoms with E-state index in [4.69, 9.17) is 4.74 Å². The molecule has 114 valence electrons. The van der Waals surface area contributed by atoms with E-state index in [1.807, 2.05) is 6.92 Å². The summed E-state index contributed by atoms with van der Waals surface area (Å²) in [6.45, 7) is 1.93. The lowest BCUT2D eigenvalue weighted by molar-refractivity contribution is -0.136. The SMILES string of the molecule is CCC1=C(C(=O)OC)C(c2ccc(O)cc2)n2nnnc2N1. The fraction of sp³-hybridized carbons (Fsp3) is 0.286. The molecule has 0 aliphatic carbocycles. The van der Waals surface area contributed by atoms with Gasteiger partial charge < -0.3 is 15.2 Å². The molecule has 8 nitrogen and oxygen atoms in total. The van der Waals surface area contributed by atoms with Crippen molar-refractivity contribution < 1.29 is 14.6 Å². The molecule has 1 aliphatic heterocycles. The first-order chi connectivity index (χ1) is 10.7. The number of esters is 1. The van der Waals surface area contributed by atoms with Crippen LogP contribution in [-0.4, -0.2) is 38.4 Å². The Morgan fingerprint density at radius 1 is 1.41 bits per heavy atom. The predicted octanol–water partition coefficient (Wildman–Crippen LogP) is 1.23. The fourth-order valence-corrected chi connectivity index (χ4v) is 2.53. The van der Waals surface area contributed by atoms with Crippen LogP contribution in [0.4, 0.5) is 5.95 Å². The highest BCUT2D eigenvalue weighted by Gasteiger charge is 2.35. The Morgan fingerprint density at radius 2 is 2.14 bits per heavy atom. The van der Waals surface area contributed by atoms with E-state index in [1.165, 1.54) is 11.8 Å². The Bertz CT molecular complexity index is 735. The largest absolute Gasteiger partial charge is 0.508 e. The van der Waals surface area contributed by atoms with Gasteiger partial charge in [0, 0.05) is 5.70 Å². The quantitative estimate of drug-likeness (QED) is 0.822. The summed E-state index contributed by atoms with van der Waals surface area (Å²) in [6, 6.07) is 6.07. The average molecular weight is 301 g/mol. The third-order valence-electron chi connectivity index (χ3n) is 3.57. The molecule has 8 heteroatoms. The molecule has 0 saturated carbocycles. The number of aromatic nitrogens is 4. The number of phenols is 1. The topological polar surface area (TPSA) is 102 Å². The zero-order valence-corrected chi connectivity index (χ0v) is 12.1. The van der Waals surface area contributed by atoms with Crippen LogP contribution in [0, 0.1) is 0 Å². The summed E-state index contributed by atoms with van der Waals surface area (Å²) in [4.78, 5) is 12.3. The number of aromatic hydroxyl groups is 1. The number of hydrogen-bond donors (Lipinski definition) is 2. The van der Waals surface area contributed by atoms with Gasteiger partial charge in [-0.3, -0.25) is 0 Å². The minimum absolute atomic E-state index is 0.147. The second-order valence-corrected chi connectivity index (χ2v) is 4.80. The Balaban J connectivity index is 2.19. The van der Waals surface area contributed by atoms with E-state index in [0.29, 0.717) is 23.6 Å². The van der Waals surface area contributed by atoms with Crippen molar-refractivity contribution in [1.29, 1.82) is 0 Å².